The van der Waals surface area contributed by atoms with Gasteiger partial charge in [-0.25, -0.2) is 0 Å². The van der Waals surface area contributed by atoms with Crippen molar-refractivity contribution in [3.8, 4) is 0 Å². The Morgan fingerprint density at radius 1 is 1.00 bits per heavy atom. The van der Waals surface area contributed by atoms with Crippen molar-refractivity contribution in [2.45, 2.75) is 57.8 Å². The molecule has 1 saturated heterocycles. The van der Waals surface area contributed by atoms with Gasteiger partial charge in [0.05, 0.1) is 26.4 Å². The fourth-order valence-corrected chi connectivity index (χ4v) is 3.38. The third-order valence-corrected chi connectivity index (χ3v) is 5.17. The van der Waals surface area contributed by atoms with Gasteiger partial charge < -0.3 is 14.2 Å². The Morgan fingerprint density at radius 3 is 2.32 bits per heavy atom. The molecule has 1 aromatic carbocycles. The molecule has 1 aliphatic carbocycles. The van der Waals surface area contributed by atoms with Crippen molar-refractivity contribution in [3.63, 3.8) is 0 Å². The largest absolute Gasteiger partial charge is 0.376 e. The molecule has 2 aliphatic rings. The van der Waals surface area contributed by atoms with Crippen LogP contribution in [-0.2, 0) is 20.8 Å². The average molecular weight is 304 g/mol. The molecule has 1 aliphatic heterocycles. The minimum Gasteiger partial charge on any atom is -0.376 e. The van der Waals surface area contributed by atoms with E-state index in [1.807, 2.05) is 18.2 Å². The monoisotopic (exact) mass is 304 g/mol. The summed E-state index contributed by atoms with van der Waals surface area (Å²) in [5, 5.41) is 0. The molecule has 0 atom stereocenters. The molecule has 0 aromatic heterocycles. The highest BCUT2D eigenvalue weighted by molar-refractivity contribution is 5.13. The van der Waals surface area contributed by atoms with Crippen LogP contribution in [0.3, 0.4) is 0 Å². The lowest BCUT2D eigenvalue weighted by Gasteiger charge is -2.47. The molecule has 3 rings (SSSR count). The highest BCUT2D eigenvalue weighted by Gasteiger charge is 2.44. The summed E-state index contributed by atoms with van der Waals surface area (Å²) in [7, 11) is 0. The number of hydrogen-bond donors (Lipinski definition) is 0. The molecule has 0 amide bonds. The van der Waals surface area contributed by atoms with E-state index in [9.17, 15) is 0 Å². The third kappa shape index (κ3) is 3.70. The van der Waals surface area contributed by atoms with Gasteiger partial charge in [-0.3, -0.25) is 0 Å². The van der Waals surface area contributed by atoms with Crippen molar-refractivity contribution in [2.75, 3.05) is 19.8 Å². The second-order valence-electron chi connectivity index (χ2n) is 6.88. The standard InChI is InChI=1S/C19H28O3/c1-2-18(14-20-13-17-9-5-3-6-10-17)15-21-19(22-16-18)11-7-4-8-12-19/h3,5-6,9-10H,2,4,7-8,11-16H2,1H3. The molecule has 22 heavy (non-hydrogen) atoms. The lowest BCUT2D eigenvalue weighted by Crippen LogP contribution is -2.52. The number of hydrogen-bond acceptors (Lipinski definition) is 3. The molecule has 1 aromatic rings. The minimum absolute atomic E-state index is 0.0114. The van der Waals surface area contributed by atoms with Crippen molar-refractivity contribution in [1.29, 1.82) is 0 Å². The van der Waals surface area contributed by atoms with Gasteiger partial charge in [-0.05, 0) is 24.8 Å². The van der Waals surface area contributed by atoms with Gasteiger partial charge >= 0.3 is 0 Å². The second kappa shape index (κ2) is 7.12. The zero-order valence-electron chi connectivity index (χ0n) is 13.7. The fourth-order valence-electron chi connectivity index (χ4n) is 3.38. The molecule has 0 N–H and O–H groups in total. The summed E-state index contributed by atoms with van der Waals surface area (Å²) in [5.74, 6) is -0.281. The predicted octanol–water partition coefficient (Wildman–Crippen LogP) is 4.31. The summed E-state index contributed by atoms with van der Waals surface area (Å²) in [5.41, 5.74) is 1.23. The number of benzene rings is 1. The van der Waals surface area contributed by atoms with Gasteiger partial charge in [0.1, 0.15) is 0 Å². The van der Waals surface area contributed by atoms with Crippen LogP contribution in [0.4, 0.5) is 0 Å². The molecule has 2 fully saturated rings. The highest BCUT2D eigenvalue weighted by atomic mass is 16.7. The quantitative estimate of drug-likeness (QED) is 0.811. The second-order valence-corrected chi connectivity index (χ2v) is 6.88. The maximum absolute atomic E-state index is 6.21. The van der Waals surface area contributed by atoms with E-state index < -0.39 is 0 Å². The Bertz CT molecular complexity index is 441. The lowest BCUT2D eigenvalue weighted by molar-refractivity contribution is -0.320. The normalized spacial score (nSPS) is 23.5. The van der Waals surface area contributed by atoms with Gasteiger partial charge in [0.2, 0.25) is 0 Å². The average Bonchev–Trinajstić information content (AvgIpc) is 2.59. The van der Waals surface area contributed by atoms with E-state index in [0.29, 0.717) is 13.2 Å². The van der Waals surface area contributed by atoms with E-state index in [1.54, 1.807) is 0 Å². The summed E-state index contributed by atoms with van der Waals surface area (Å²) in [6.45, 7) is 5.09. The molecule has 3 nitrogen and oxygen atoms in total. The van der Waals surface area contributed by atoms with Gasteiger partial charge in [0.25, 0.3) is 0 Å². The summed E-state index contributed by atoms with van der Waals surface area (Å²) < 4.78 is 18.4. The number of rotatable bonds is 5. The first kappa shape index (κ1) is 16.0. The first-order valence-corrected chi connectivity index (χ1v) is 8.66. The van der Waals surface area contributed by atoms with Crippen LogP contribution in [0.5, 0.6) is 0 Å². The van der Waals surface area contributed by atoms with E-state index in [0.717, 1.165) is 32.5 Å². The molecule has 0 radical (unpaired) electrons. The summed E-state index contributed by atoms with van der Waals surface area (Å²) in [4.78, 5) is 0. The van der Waals surface area contributed by atoms with Gasteiger partial charge in [0, 0.05) is 18.3 Å². The molecule has 1 spiro atoms. The maximum atomic E-state index is 6.21. The Balaban J connectivity index is 1.50. The van der Waals surface area contributed by atoms with Crippen LogP contribution in [0.15, 0.2) is 30.3 Å². The van der Waals surface area contributed by atoms with Gasteiger partial charge in [-0.15, -0.1) is 0 Å². The molecule has 122 valence electrons. The van der Waals surface area contributed by atoms with E-state index in [4.69, 9.17) is 14.2 Å². The molecule has 3 heteroatoms. The minimum atomic E-state index is -0.281. The predicted molar refractivity (Wildman–Crippen MR) is 86.5 cm³/mol. The first-order valence-electron chi connectivity index (χ1n) is 8.66. The van der Waals surface area contributed by atoms with Gasteiger partial charge in [-0.1, -0.05) is 43.7 Å². The first-order chi connectivity index (χ1) is 10.8. The van der Waals surface area contributed by atoms with Crippen LogP contribution in [0.2, 0.25) is 0 Å². The SMILES string of the molecule is CCC1(COCc2ccccc2)COC2(CCCCC2)OC1. The molecular weight excluding hydrogens is 276 g/mol. The van der Waals surface area contributed by atoms with E-state index in [2.05, 4.69) is 19.1 Å². The fraction of sp³-hybridized carbons (Fsp3) is 0.684. The Kier molecular flexibility index (Phi) is 5.17. The van der Waals surface area contributed by atoms with Crippen LogP contribution in [0.25, 0.3) is 0 Å². The van der Waals surface area contributed by atoms with E-state index in [1.165, 1.54) is 24.8 Å². The van der Waals surface area contributed by atoms with Crippen LogP contribution in [0.1, 0.15) is 51.0 Å². The van der Waals surface area contributed by atoms with Gasteiger partial charge in [-0.2, -0.15) is 0 Å². The summed E-state index contributed by atoms with van der Waals surface area (Å²) in [6.07, 6.45) is 6.90. The Labute approximate surface area is 134 Å². The van der Waals surface area contributed by atoms with Gasteiger partial charge in [0.15, 0.2) is 5.79 Å². The smallest absolute Gasteiger partial charge is 0.168 e. The van der Waals surface area contributed by atoms with Crippen LogP contribution in [0, 0.1) is 5.41 Å². The van der Waals surface area contributed by atoms with Crippen molar-refractivity contribution in [3.05, 3.63) is 35.9 Å². The molecule has 1 heterocycles. The van der Waals surface area contributed by atoms with Crippen molar-refractivity contribution >= 4 is 0 Å². The van der Waals surface area contributed by atoms with Crippen molar-refractivity contribution < 1.29 is 14.2 Å². The number of ether oxygens (including phenoxy) is 3. The van der Waals surface area contributed by atoms with Crippen molar-refractivity contribution in [1.82, 2.24) is 0 Å². The van der Waals surface area contributed by atoms with E-state index >= 15 is 0 Å². The van der Waals surface area contributed by atoms with Crippen LogP contribution < -0.4 is 0 Å². The molecular formula is C19H28O3. The summed E-state index contributed by atoms with van der Waals surface area (Å²) >= 11 is 0. The molecule has 0 bridgehead atoms. The van der Waals surface area contributed by atoms with Crippen molar-refractivity contribution in [2.24, 2.45) is 5.41 Å². The lowest BCUT2D eigenvalue weighted by atomic mass is 9.85. The van der Waals surface area contributed by atoms with Crippen LogP contribution in [-0.4, -0.2) is 25.6 Å². The zero-order valence-corrected chi connectivity index (χ0v) is 13.7. The Hall–Kier alpha value is -0.900. The topological polar surface area (TPSA) is 27.7 Å². The highest BCUT2D eigenvalue weighted by Crippen LogP contribution is 2.40. The zero-order chi connectivity index (χ0) is 15.3. The van der Waals surface area contributed by atoms with Crippen LogP contribution >= 0.6 is 0 Å². The maximum Gasteiger partial charge on any atom is 0.168 e. The Morgan fingerprint density at radius 2 is 1.68 bits per heavy atom. The molecule has 0 unspecified atom stereocenters. The third-order valence-electron chi connectivity index (χ3n) is 5.17. The van der Waals surface area contributed by atoms with E-state index in [-0.39, 0.29) is 11.2 Å². The summed E-state index contributed by atoms with van der Waals surface area (Å²) in [6, 6.07) is 10.3. The molecule has 1 saturated carbocycles.